The fourth-order valence-electron chi connectivity index (χ4n) is 1.20. The molecule has 1 aromatic heterocycles. The summed E-state index contributed by atoms with van der Waals surface area (Å²) in [4.78, 5) is 15.7. The molecule has 1 aromatic rings. The topological polar surface area (TPSA) is 39.2 Å². The van der Waals surface area contributed by atoms with Crippen LogP contribution in [0.5, 0.6) is 0 Å². The average Bonchev–Trinajstić information content (AvgIpc) is 2.27. The highest BCUT2D eigenvalue weighted by molar-refractivity contribution is 6.29. The molecule has 0 aliphatic carbocycles. The number of carbonyl (C=O) groups is 1. The maximum atomic E-state index is 11.8. The number of methoxy groups -OCH3 is 1. The molecule has 0 atom stereocenters. The standard InChI is InChI=1S/C12H16ClNO2/c1-12(2,16-3)7-6-10(15)9-4-5-11(13)14-8-9/h4-5,8H,6-7H2,1-3H3. The van der Waals surface area contributed by atoms with Crippen molar-refractivity contribution in [1.82, 2.24) is 4.98 Å². The molecule has 0 N–H and O–H groups in total. The van der Waals surface area contributed by atoms with Gasteiger partial charge in [-0.1, -0.05) is 11.6 Å². The van der Waals surface area contributed by atoms with Crippen LogP contribution in [0.2, 0.25) is 5.15 Å². The molecule has 0 saturated heterocycles. The molecule has 0 radical (unpaired) electrons. The Morgan fingerprint density at radius 3 is 2.69 bits per heavy atom. The van der Waals surface area contributed by atoms with E-state index in [0.29, 0.717) is 23.6 Å². The van der Waals surface area contributed by atoms with Crippen LogP contribution >= 0.6 is 11.6 Å². The Hall–Kier alpha value is -0.930. The third kappa shape index (κ3) is 3.91. The predicted molar refractivity (Wildman–Crippen MR) is 63.9 cm³/mol. The van der Waals surface area contributed by atoms with Crippen LogP contribution in [0.25, 0.3) is 0 Å². The molecule has 88 valence electrons. The van der Waals surface area contributed by atoms with Crippen molar-refractivity contribution in [3.05, 3.63) is 29.0 Å². The number of hydrogen-bond donors (Lipinski definition) is 0. The van der Waals surface area contributed by atoms with Crippen LogP contribution < -0.4 is 0 Å². The van der Waals surface area contributed by atoms with Crippen molar-refractivity contribution < 1.29 is 9.53 Å². The van der Waals surface area contributed by atoms with Crippen LogP contribution in [0.15, 0.2) is 18.3 Å². The first-order valence-corrected chi connectivity index (χ1v) is 5.52. The van der Waals surface area contributed by atoms with Gasteiger partial charge in [-0.2, -0.15) is 0 Å². The van der Waals surface area contributed by atoms with Crippen molar-refractivity contribution in [2.75, 3.05) is 7.11 Å². The molecule has 0 aliphatic rings. The van der Waals surface area contributed by atoms with Crippen molar-refractivity contribution in [2.45, 2.75) is 32.3 Å². The Kier molecular flexibility index (Phi) is 4.44. The number of carbonyl (C=O) groups excluding carboxylic acids is 1. The van der Waals surface area contributed by atoms with E-state index >= 15 is 0 Å². The second-order valence-corrected chi connectivity index (χ2v) is 4.64. The van der Waals surface area contributed by atoms with Crippen LogP contribution in [0.3, 0.4) is 0 Å². The smallest absolute Gasteiger partial charge is 0.164 e. The maximum absolute atomic E-state index is 11.8. The SMILES string of the molecule is COC(C)(C)CCC(=O)c1ccc(Cl)nc1. The zero-order valence-electron chi connectivity index (χ0n) is 9.79. The van der Waals surface area contributed by atoms with Gasteiger partial charge < -0.3 is 4.74 Å². The number of pyridine rings is 1. The minimum Gasteiger partial charge on any atom is -0.379 e. The van der Waals surface area contributed by atoms with Crippen LogP contribution in [0, 0.1) is 0 Å². The van der Waals surface area contributed by atoms with Crippen LogP contribution in [-0.4, -0.2) is 23.5 Å². The van der Waals surface area contributed by atoms with Crippen molar-refractivity contribution in [1.29, 1.82) is 0 Å². The lowest BCUT2D eigenvalue weighted by molar-refractivity contribution is 0.0141. The molecule has 4 heteroatoms. The number of rotatable bonds is 5. The Balaban J connectivity index is 2.56. The Morgan fingerprint density at radius 1 is 1.50 bits per heavy atom. The Morgan fingerprint density at radius 2 is 2.19 bits per heavy atom. The molecule has 1 heterocycles. The number of Topliss-reactive ketones (excluding diaryl/α,β-unsaturated/α-hetero) is 1. The lowest BCUT2D eigenvalue weighted by Crippen LogP contribution is -2.23. The van der Waals surface area contributed by atoms with E-state index in [9.17, 15) is 4.79 Å². The summed E-state index contributed by atoms with van der Waals surface area (Å²) in [5, 5.41) is 0.397. The fraction of sp³-hybridized carbons (Fsp3) is 0.500. The summed E-state index contributed by atoms with van der Waals surface area (Å²) in [6.07, 6.45) is 2.64. The van der Waals surface area contributed by atoms with Gasteiger partial charge in [0.2, 0.25) is 0 Å². The van der Waals surface area contributed by atoms with E-state index in [-0.39, 0.29) is 11.4 Å². The van der Waals surface area contributed by atoms with Crippen molar-refractivity contribution in [3.63, 3.8) is 0 Å². The van der Waals surface area contributed by atoms with E-state index in [1.165, 1.54) is 6.20 Å². The summed E-state index contributed by atoms with van der Waals surface area (Å²) >= 11 is 5.65. The number of halogens is 1. The van der Waals surface area contributed by atoms with Crippen molar-refractivity contribution in [2.24, 2.45) is 0 Å². The largest absolute Gasteiger partial charge is 0.379 e. The molecule has 0 unspecified atom stereocenters. The Bertz CT molecular complexity index is 360. The first-order chi connectivity index (χ1) is 7.44. The fourth-order valence-corrected chi connectivity index (χ4v) is 1.31. The number of hydrogen-bond acceptors (Lipinski definition) is 3. The van der Waals surface area contributed by atoms with Crippen LogP contribution in [-0.2, 0) is 4.74 Å². The van der Waals surface area contributed by atoms with Gasteiger partial charge in [0.1, 0.15) is 5.15 Å². The third-order valence-electron chi connectivity index (χ3n) is 2.56. The number of ether oxygens (including phenoxy) is 1. The highest BCUT2D eigenvalue weighted by atomic mass is 35.5. The summed E-state index contributed by atoms with van der Waals surface area (Å²) < 4.78 is 5.25. The molecule has 16 heavy (non-hydrogen) atoms. The summed E-state index contributed by atoms with van der Waals surface area (Å²) in [5.41, 5.74) is 0.325. The van der Waals surface area contributed by atoms with Gasteiger partial charge in [-0.3, -0.25) is 4.79 Å². The molecule has 0 aliphatic heterocycles. The highest BCUT2D eigenvalue weighted by Crippen LogP contribution is 2.17. The third-order valence-corrected chi connectivity index (χ3v) is 2.78. The first kappa shape index (κ1) is 13.1. The molecule has 0 fully saturated rings. The first-order valence-electron chi connectivity index (χ1n) is 5.14. The van der Waals surface area contributed by atoms with Gasteiger partial charge >= 0.3 is 0 Å². The van der Waals surface area contributed by atoms with Gasteiger partial charge in [-0.05, 0) is 32.4 Å². The molecular weight excluding hydrogens is 226 g/mol. The molecule has 0 spiro atoms. The minimum absolute atomic E-state index is 0.0642. The lowest BCUT2D eigenvalue weighted by atomic mass is 9.98. The van der Waals surface area contributed by atoms with Gasteiger partial charge in [0.05, 0.1) is 5.60 Å². The van der Waals surface area contributed by atoms with Gasteiger partial charge in [0, 0.05) is 25.3 Å². The summed E-state index contributed by atoms with van der Waals surface area (Å²) in [6, 6.07) is 3.31. The van der Waals surface area contributed by atoms with E-state index in [0.717, 1.165) is 0 Å². The van der Waals surface area contributed by atoms with Crippen molar-refractivity contribution in [3.8, 4) is 0 Å². The summed E-state index contributed by atoms with van der Waals surface area (Å²) in [6.45, 7) is 3.92. The molecule has 1 rings (SSSR count). The van der Waals surface area contributed by atoms with Crippen LogP contribution in [0.1, 0.15) is 37.0 Å². The van der Waals surface area contributed by atoms with Gasteiger partial charge in [-0.25, -0.2) is 4.98 Å². The molecule has 0 amide bonds. The second-order valence-electron chi connectivity index (χ2n) is 4.26. The lowest BCUT2D eigenvalue weighted by Gasteiger charge is -2.22. The minimum atomic E-state index is -0.268. The second kappa shape index (κ2) is 5.41. The quantitative estimate of drug-likeness (QED) is 0.587. The van der Waals surface area contributed by atoms with Gasteiger partial charge in [-0.15, -0.1) is 0 Å². The van der Waals surface area contributed by atoms with Crippen molar-refractivity contribution >= 4 is 17.4 Å². The van der Waals surface area contributed by atoms with E-state index in [2.05, 4.69) is 4.98 Å². The van der Waals surface area contributed by atoms with Gasteiger partial charge in [0.15, 0.2) is 5.78 Å². The monoisotopic (exact) mass is 241 g/mol. The number of nitrogens with zero attached hydrogens (tertiary/aromatic N) is 1. The summed E-state index contributed by atoms with van der Waals surface area (Å²) in [7, 11) is 1.65. The summed E-state index contributed by atoms with van der Waals surface area (Å²) in [5.74, 6) is 0.0642. The molecule has 0 saturated carbocycles. The van der Waals surface area contributed by atoms with E-state index in [1.54, 1.807) is 19.2 Å². The molecular formula is C12H16ClNO2. The van der Waals surface area contributed by atoms with E-state index in [4.69, 9.17) is 16.3 Å². The van der Waals surface area contributed by atoms with Crippen LogP contribution in [0.4, 0.5) is 0 Å². The number of aromatic nitrogens is 1. The molecule has 0 aromatic carbocycles. The van der Waals surface area contributed by atoms with Gasteiger partial charge in [0.25, 0.3) is 0 Å². The zero-order valence-corrected chi connectivity index (χ0v) is 10.5. The van der Waals surface area contributed by atoms with E-state index < -0.39 is 0 Å². The number of ketones is 1. The maximum Gasteiger partial charge on any atom is 0.164 e. The van der Waals surface area contributed by atoms with E-state index in [1.807, 2.05) is 13.8 Å². The molecule has 3 nitrogen and oxygen atoms in total. The zero-order chi connectivity index (χ0) is 12.2. The Labute approximate surface area is 101 Å². The molecule has 0 bridgehead atoms. The highest BCUT2D eigenvalue weighted by Gasteiger charge is 2.18. The normalized spacial score (nSPS) is 11.5. The average molecular weight is 242 g/mol. The predicted octanol–water partition coefficient (Wildman–Crippen LogP) is 3.12.